The summed E-state index contributed by atoms with van der Waals surface area (Å²) in [6.45, 7) is 5.22. The molecule has 0 spiro atoms. The van der Waals surface area contributed by atoms with E-state index in [0.717, 1.165) is 27.7 Å². The van der Waals surface area contributed by atoms with Crippen LogP contribution >= 0.6 is 0 Å². The molecular formula is C24H26N4O2. The van der Waals surface area contributed by atoms with Crippen LogP contribution in [0.4, 0.5) is 5.82 Å². The minimum atomic E-state index is -0.0955. The Kier molecular flexibility index (Phi) is 5.74. The molecule has 30 heavy (non-hydrogen) atoms. The summed E-state index contributed by atoms with van der Waals surface area (Å²) in [7, 11) is 0. The molecule has 3 heterocycles. The monoisotopic (exact) mass is 402 g/mol. The summed E-state index contributed by atoms with van der Waals surface area (Å²) in [5, 5.41) is 3.96. The summed E-state index contributed by atoms with van der Waals surface area (Å²) in [6, 6.07) is 13.5. The van der Waals surface area contributed by atoms with Gasteiger partial charge in [0.25, 0.3) is 0 Å². The van der Waals surface area contributed by atoms with E-state index in [4.69, 9.17) is 0 Å². The van der Waals surface area contributed by atoms with Crippen molar-refractivity contribution in [2.45, 2.75) is 33.1 Å². The number of amides is 2. The van der Waals surface area contributed by atoms with Gasteiger partial charge in [0.15, 0.2) is 0 Å². The Labute approximate surface area is 176 Å². The molecule has 0 atom stereocenters. The van der Waals surface area contributed by atoms with Gasteiger partial charge in [0.05, 0.1) is 11.9 Å². The predicted octanol–water partition coefficient (Wildman–Crippen LogP) is 3.67. The van der Waals surface area contributed by atoms with Crippen molar-refractivity contribution in [1.82, 2.24) is 14.9 Å². The number of carbonyl (C=O) groups excluding carboxylic acids is 2. The number of nitrogens with zero attached hydrogens (tertiary/aromatic N) is 3. The van der Waals surface area contributed by atoms with Crippen LogP contribution in [-0.4, -0.2) is 39.8 Å². The Morgan fingerprint density at radius 2 is 1.80 bits per heavy atom. The van der Waals surface area contributed by atoms with Crippen molar-refractivity contribution in [2.24, 2.45) is 5.92 Å². The first kappa shape index (κ1) is 20.0. The lowest BCUT2D eigenvalue weighted by molar-refractivity contribution is -0.133. The minimum absolute atomic E-state index is 0.0220. The second kappa shape index (κ2) is 8.61. The van der Waals surface area contributed by atoms with Gasteiger partial charge in [-0.25, -0.2) is 4.98 Å². The number of piperidine rings is 1. The lowest BCUT2D eigenvalue weighted by atomic mass is 9.94. The summed E-state index contributed by atoms with van der Waals surface area (Å²) in [5.74, 6) is 0.547. The molecule has 4 rings (SSSR count). The third-order valence-electron chi connectivity index (χ3n) is 5.95. The van der Waals surface area contributed by atoms with Crippen LogP contribution < -0.4 is 5.32 Å². The maximum atomic E-state index is 13.0. The molecule has 3 aromatic rings. The highest BCUT2D eigenvalue weighted by Crippen LogP contribution is 2.25. The topological polar surface area (TPSA) is 75.2 Å². The van der Waals surface area contributed by atoms with E-state index in [-0.39, 0.29) is 17.7 Å². The van der Waals surface area contributed by atoms with Gasteiger partial charge in [-0.15, -0.1) is 0 Å². The summed E-state index contributed by atoms with van der Waals surface area (Å²) in [5.41, 5.74) is 4.00. The smallest absolute Gasteiger partial charge is 0.228 e. The number of carbonyl (C=O) groups is 2. The zero-order chi connectivity index (χ0) is 21.1. The highest BCUT2D eigenvalue weighted by Gasteiger charge is 2.28. The molecule has 0 bridgehead atoms. The zero-order valence-electron chi connectivity index (χ0n) is 17.4. The van der Waals surface area contributed by atoms with Crippen LogP contribution in [0.1, 0.15) is 29.7 Å². The number of nitrogens with one attached hydrogen (secondary N) is 1. The number of pyridine rings is 2. The highest BCUT2D eigenvalue weighted by molar-refractivity contribution is 5.92. The number of fused-ring (bicyclic) bond motifs is 1. The zero-order valence-corrected chi connectivity index (χ0v) is 17.4. The van der Waals surface area contributed by atoms with Gasteiger partial charge in [-0.2, -0.15) is 0 Å². The Hall–Kier alpha value is -3.28. The van der Waals surface area contributed by atoms with E-state index >= 15 is 0 Å². The lowest BCUT2D eigenvalue weighted by Crippen LogP contribution is -2.42. The molecule has 154 valence electrons. The first-order valence-electron chi connectivity index (χ1n) is 10.4. The molecule has 0 unspecified atom stereocenters. The molecule has 6 nitrogen and oxygen atoms in total. The molecule has 1 aromatic carbocycles. The third kappa shape index (κ3) is 4.17. The summed E-state index contributed by atoms with van der Waals surface area (Å²) >= 11 is 0. The molecule has 1 saturated heterocycles. The Balaban J connectivity index is 1.38. The fraction of sp³-hybridized carbons (Fsp3) is 0.333. The Bertz CT molecular complexity index is 1070. The van der Waals surface area contributed by atoms with Crippen molar-refractivity contribution in [3.8, 4) is 0 Å². The largest absolute Gasteiger partial charge is 0.342 e. The molecule has 0 saturated carbocycles. The number of aromatic nitrogens is 2. The van der Waals surface area contributed by atoms with Crippen molar-refractivity contribution in [1.29, 1.82) is 0 Å². The van der Waals surface area contributed by atoms with E-state index < -0.39 is 0 Å². The number of likely N-dealkylation sites (tertiary alicyclic amines) is 1. The van der Waals surface area contributed by atoms with Gasteiger partial charge in [0, 0.05) is 36.3 Å². The summed E-state index contributed by atoms with van der Waals surface area (Å²) in [4.78, 5) is 36.1. The standard InChI is InChI=1S/C24H26N4O2/c1-16-19-7-3-4-8-21(19)26-17(2)20(16)15-23(29)28-13-10-18(11-14-28)24(30)27-22-9-5-6-12-25-22/h3-9,12,18H,10-11,13-15H2,1-2H3,(H,25,27,30). The summed E-state index contributed by atoms with van der Waals surface area (Å²) in [6.07, 6.45) is 3.33. The van der Waals surface area contributed by atoms with Crippen LogP contribution in [0.3, 0.4) is 0 Å². The van der Waals surface area contributed by atoms with Crippen molar-refractivity contribution < 1.29 is 9.59 Å². The molecular weight excluding hydrogens is 376 g/mol. The molecule has 0 aliphatic carbocycles. The molecule has 2 aromatic heterocycles. The van der Waals surface area contributed by atoms with Crippen LogP contribution in [0.25, 0.3) is 10.9 Å². The van der Waals surface area contributed by atoms with Crippen LogP contribution in [0.15, 0.2) is 48.7 Å². The van der Waals surface area contributed by atoms with Crippen LogP contribution in [0.5, 0.6) is 0 Å². The molecule has 0 radical (unpaired) electrons. The number of hydrogen-bond acceptors (Lipinski definition) is 4. The van der Waals surface area contributed by atoms with E-state index in [9.17, 15) is 9.59 Å². The van der Waals surface area contributed by atoms with Gasteiger partial charge in [0.1, 0.15) is 5.82 Å². The van der Waals surface area contributed by atoms with E-state index in [1.165, 1.54) is 0 Å². The fourth-order valence-corrected chi connectivity index (χ4v) is 4.15. The van der Waals surface area contributed by atoms with Crippen molar-refractivity contribution in [3.05, 3.63) is 65.5 Å². The van der Waals surface area contributed by atoms with E-state index in [2.05, 4.69) is 28.3 Å². The van der Waals surface area contributed by atoms with Crippen molar-refractivity contribution in [3.63, 3.8) is 0 Å². The Morgan fingerprint density at radius 3 is 2.53 bits per heavy atom. The molecule has 1 fully saturated rings. The van der Waals surface area contributed by atoms with Gasteiger partial charge >= 0.3 is 0 Å². The maximum absolute atomic E-state index is 13.0. The van der Waals surface area contributed by atoms with E-state index in [0.29, 0.717) is 38.2 Å². The van der Waals surface area contributed by atoms with Crippen LogP contribution in [-0.2, 0) is 16.0 Å². The fourth-order valence-electron chi connectivity index (χ4n) is 4.15. The first-order chi connectivity index (χ1) is 14.5. The molecule has 1 aliphatic rings. The lowest BCUT2D eigenvalue weighted by Gasteiger charge is -2.31. The highest BCUT2D eigenvalue weighted by atomic mass is 16.2. The van der Waals surface area contributed by atoms with E-state index in [1.807, 2.05) is 42.2 Å². The van der Waals surface area contributed by atoms with Gasteiger partial charge in [-0.1, -0.05) is 24.3 Å². The van der Waals surface area contributed by atoms with E-state index in [1.54, 1.807) is 12.3 Å². The van der Waals surface area contributed by atoms with Gasteiger partial charge in [-0.3, -0.25) is 14.6 Å². The van der Waals surface area contributed by atoms with Gasteiger partial charge < -0.3 is 10.2 Å². The molecule has 2 amide bonds. The molecule has 1 N–H and O–H groups in total. The normalized spacial score (nSPS) is 14.7. The maximum Gasteiger partial charge on any atom is 0.228 e. The summed E-state index contributed by atoms with van der Waals surface area (Å²) < 4.78 is 0. The van der Waals surface area contributed by atoms with Crippen LogP contribution in [0, 0.1) is 19.8 Å². The van der Waals surface area contributed by atoms with Crippen molar-refractivity contribution in [2.75, 3.05) is 18.4 Å². The first-order valence-corrected chi connectivity index (χ1v) is 10.4. The second-order valence-electron chi connectivity index (χ2n) is 7.85. The van der Waals surface area contributed by atoms with Gasteiger partial charge in [0.2, 0.25) is 11.8 Å². The second-order valence-corrected chi connectivity index (χ2v) is 7.85. The van der Waals surface area contributed by atoms with Crippen molar-refractivity contribution >= 4 is 28.5 Å². The number of benzene rings is 1. The predicted molar refractivity (Wildman–Crippen MR) is 117 cm³/mol. The average molecular weight is 402 g/mol. The SMILES string of the molecule is Cc1nc2ccccc2c(C)c1CC(=O)N1CCC(C(=O)Nc2ccccn2)CC1. The number of anilines is 1. The number of hydrogen-bond donors (Lipinski definition) is 1. The van der Waals surface area contributed by atoms with Crippen LogP contribution in [0.2, 0.25) is 0 Å². The Morgan fingerprint density at radius 1 is 1.07 bits per heavy atom. The number of rotatable bonds is 4. The number of para-hydroxylation sites is 1. The molecule has 1 aliphatic heterocycles. The van der Waals surface area contributed by atoms with Gasteiger partial charge in [-0.05, 0) is 56.0 Å². The third-order valence-corrected chi connectivity index (χ3v) is 5.95. The number of aryl methyl sites for hydroxylation is 2. The minimum Gasteiger partial charge on any atom is -0.342 e. The average Bonchev–Trinajstić information content (AvgIpc) is 2.77. The quantitative estimate of drug-likeness (QED) is 0.723. The molecule has 6 heteroatoms.